The third-order valence-corrected chi connectivity index (χ3v) is 5.44. The standard InChI is InChI=1S/C22H29NO/c1-6-21(24)22(17(2)18(3)23(4)5,19-13-9-7-10-14-19)20-15-11-8-12-16-20/h7-18H,6H2,1-5H3/t17-,18-/m1/s1. The Morgan fingerprint density at radius 2 is 1.33 bits per heavy atom. The Morgan fingerprint density at radius 3 is 1.67 bits per heavy atom. The van der Waals surface area contributed by atoms with Crippen molar-refractivity contribution in [3.05, 3.63) is 71.8 Å². The molecule has 24 heavy (non-hydrogen) atoms. The van der Waals surface area contributed by atoms with Crippen LogP contribution < -0.4 is 0 Å². The van der Waals surface area contributed by atoms with Gasteiger partial charge < -0.3 is 4.90 Å². The van der Waals surface area contributed by atoms with E-state index in [-0.39, 0.29) is 17.7 Å². The summed E-state index contributed by atoms with van der Waals surface area (Å²) in [5, 5.41) is 0. The molecule has 0 fully saturated rings. The number of rotatable bonds is 7. The summed E-state index contributed by atoms with van der Waals surface area (Å²) >= 11 is 0. The van der Waals surface area contributed by atoms with Crippen LogP contribution in [0.15, 0.2) is 60.7 Å². The average molecular weight is 323 g/mol. The van der Waals surface area contributed by atoms with Crippen molar-refractivity contribution in [1.82, 2.24) is 4.90 Å². The second kappa shape index (κ2) is 7.76. The van der Waals surface area contributed by atoms with E-state index >= 15 is 0 Å². The summed E-state index contributed by atoms with van der Waals surface area (Å²) < 4.78 is 0. The van der Waals surface area contributed by atoms with Gasteiger partial charge in [0.05, 0.1) is 5.41 Å². The number of nitrogens with zero attached hydrogens (tertiary/aromatic N) is 1. The van der Waals surface area contributed by atoms with Crippen molar-refractivity contribution < 1.29 is 4.79 Å². The van der Waals surface area contributed by atoms with Crippen molar-refractivity contribution in [3.63, 3.8) is 0 Å². The number of carbonyl (C=O) groups is 1. The average Bonchev–Trinajstić information content (AvgIpc) is 2.63. The van der Waals surface area contributed by atoms with E-state index in [1.54, 1.807) is 0 Å². The van der Waals surface area contributed by atoms with Crippen molar-refractivity contribution in [1.29, 1.82) is 0 Å². The first-order valence-electron chi connectivity index (χ1n) is 8.77. The van der Waals surface area contributed by atoms with Crippen LogP contribution in [0.4, 0.5) is 0 Å². The Bertz CT molecular complexity index is 609. The van der Waals surface area contributed by atoms with E-state index in [9.17, 15) is 4.79 Å². The quantitative estimate of drug-likeness (QED) is 0.745. The molecule has 0 aliphatic carbocycles. The van der Waals surface area contributed by atoms with Gasteiger partial charge in [0.15, 0.2) is 0 Å². The smallest absolute Gasteiger partial charge is 0.147 e. The largest absolute Gasteiger partial charge is 0.306 e. The summed E-state index contributed by atoms with van der Waals surface area (Å²) in [6, 6.07) is 20.8. The molecular formula is C22H29NO. The van der Waals surface area contributed by atoms with Crippen molar-refractivity contribution in [2.24, 2.45) is 5.92 Å². The molecule has 2 rings (SSSR count). The molecule has 0 saturated carbocycles. The van der Waals surface area contributed by atoms with Gasteiger partial charge in [-0.15, -0.1) is 0 Å². The molecule has 2 aromatic rings. The van der Waals surface area contributed by atoms with Crippen LogP contribution in [-0.4, -0.2) is 30.8 Å². The third kappa shape index (κ3) is 3.16. The van der Waals surface area contributed by atoms with Gasteiger partial charge in [-0.05, 0) is 38.1 Å². The molecule has 2 nitrogen and oxygen atoms in total. The summed E-state index contributed by atoms with van der Waals surface area (Å²) in [6.45, 7) is 6.38. The Balaban J connectivity index is 2.77. The molecule has 0 N–H and O–H groups in total. The van der Waals surface area contributed by atoms with Crippen LogP contribution in [0.1, 0.15) is 38.3 Å². The zero-order valence-electron chi connectivity index (χ0n) is 15.5. The Kier molecular flexibility index (Phi) is 5.95. The first-order chi connectivity index (χ1) is 11.5. The van der Waals surface area contributed by atoms with E-state index in [2.05, 4.69) is 57.1 Å². The van der Waals surface area contributed by atoms with Crippen molar-refractivity contribution in [2.45, 2.75) is 38.6 Å². The van der Waals surface area contributed by atoms with Crippen molar-refractivity contribution in [2.75, 3.05) is 14.1 Å². The van der Waals surface area contributed by atoms with Crippen LogP contribution in [-0.2, 0) is 10.2 Å². The van der Waals surface area contributed by atoms with Crippen molar-refractivity contribution >= 4 is 5.78 Å². The maximum absolute atomic E-state index is 13.4. The van der Waals surface area contributed by atoms with E-state index in [4.69, 9.17) is 0 Å². The topological polar surface area (TPSA) is 20.3 Å². The van der Waals surface area contributed by atoms with E-state index in [1.807, 2.05) is 43.3 Å². The molecule has 0 saturated heterocycles. The number of hydrogen-bond donors (Lipinski definition) is 0. The molecule has 0 amide bonds. The molecule has 0 heterocycles. The molecule has 2 atom stereocenters. The predicted octanol–water partition coefficient (Wildman–Crippen LogP) is 4.54. The number of ketones is 1. The summed E-state index contributed by atoms with van der Waals surface area (Å²) in [7, 11) is 4.16. The van der Waals surface area contributed by atoms with Gasteiger partial charge in [-0.1, -0.05) is 74.5 Å². The van der Waals surface area contributed by atoms with Gasteiger partial charge in [0.2, 0.25) is 0 Å². The Morgan fingerprint density at radius 1 is 0.917 bits per heavy atom. The summed E-state index contributed by atoms with van der Waals surface area (Å²) in [5.41, 5.74) is 1.55. The molecule has 2 aromatic carbocycles. The molecule has 2 heteroatoms. The fourth-order valence-electron chi connectivity index (χ4n) is 3.76. The Labute approximate surface area is 146 Å². The van der Waals surface area contributed by atoms with Crippen LogP contribution in [0, 0.1) is 5.92 Å². The van der Waals surface area contributed by atoms with Gasteiger partial charge in [-0.25, -0.2) is 0 Å². The van der Waals surface area contributed by atoms with E-state index < -0.39 is 5.41 Å². The summed E-state index contributed by atoms with van der Waals surface area (Å²) in [5.74, 6) is 0.422. The van der Waals surface area contributed by atoms with E-state index in [0.29, 0.717) is 6.42 Å². The highest BCUT2D eigenvalue weighted by Gasteiger charge is 2.47. The van der Waals surface area contributed by atoms with Crippen LogP contribution in [0.2, 0.25) is 0 Å². The zero-order valence-corrected chi connectivity index (χ0v) is 15.5. The second-order valence-electron chi connectivity index (χ2n) is 6.81. The maximum atomic E-state index is 13.4. The highest BCUT2D eigenvalue weighted by molar-refractivity contribution is 5.94. The number of benzene rings is 2. The van der Waals surface area contributed by atoms with Crippen LogP contribution in [0.5, 0.6) is 0 Å². The summed E-state index contributed by atoms with van der Waals surface area (Å²) in [4.78, 5) is 15.6. The monoisotopic (exact) mass is 323 g/mol. The number of hydrogen-bond acceptors (Lipinski definition) is 2. The first-order valence-corrected chi connectivity index (χ1v) is 8.77. The fraction of sp³-hybridized carbons (Fsp3) is 0.409. The maximum Gasteiger partial charge on any atom is 0.147 e. The van der Waals surface area contributed by atoms with Crippen LogP contribution >= 0.6 is 0 Å². The summed E-state index contributed by atoms with van der Waals surface area (Å²) in [6.07, 6.45) is 0.522. The van der Waals surface area contributed by atoms with Gasteiger partial charge in [-0.3, -0.25) is 4.79 Å². The van der Waals surface area contributed by atoms with Crippen LogP contribution in [0.3, 0.4) is 0 Å². The third-order valence-electron chi connectivity index (χ3n) is 5.44. The lowest BCUT2D eigenvalue weighted by molar-refractivity contribution is -0.125. The minimum Gasteiger partial charge on any atom is -0.306 e. The van der Waals surface area contributed by atoms with E-state index in [0.717, 1.165) is 11.1 Å². The van der Waals surface area contributed by atoms with Crippen LogP contribution in [0.25, 0.3) is 0 Å². The minimum absolute atomic E-state index is 0.143. The Hall–Kier alpha value is -1.93. The molecule has 0 aliphatic heterocycles. The SMILES string of the molecule is CCC(=O)C(c1ccccc1)(c1ccccc1)[C@H](C)[C@@H](C)N(C)C. The second-order valence-corrected chi connectivity index (χ2v) is 6.81. The normalized spacial score (nSPS) is 14.4. The molecule has 0 aromatic heterocycles. The lowest BCUT2D eigenvalue weighted by Crippen LogP contribution is -2.50. The lowest BCUT2D eigenvalue weighted by atomic mass is 9.61. The van der Waals surface area contributed by atoms with E-state index in [1.165, 1.54) is 0 Å². The molecule has 0 bridgehead atoms. The highest BCUT2D eigenvalue weighted by Crippen LogP contribution is 2.43. The van der Waals surface area contributed by atoms with Gasteiger partial charge in [-0.2, -0.15) is 0 Å². The molecule has 0 unspecified atom stereocenters. The predicted molar refractivity (Wildman–Crippen MR) is 101 cm³/mol. The van der Waals surface area contributed by atoms with Gasteiger partial charge in [0, 0.05) is 12.5 Å². The molecular weight excluding hydrogens is 294 g/mol. The van der Waals surface area contributed by atoms with Gasteiger partial charge in [0.25, 0.3) is 0 Å². The first kappa shape index (κ1) is 18.4. The highest BCUT2D eigenvalue weighted by atomic mass is 16.1. The number of carbonyl (C=O) groups excluding carboxylic acids is 1. The molecule has 0 radical (unpaired) electrons. The van der Waals surface area contributed by atoms with Gasteiger partial charge in [0.1, 0.15) is 5.78 Å². The minimum atomic E-state index is -0.624. The number of Topliss-reactive ketones (excluding diaryl/α,β-unsaturated/α-hetero) is 1. The molecule has 0 aliphatic rings. The molecule has 0 spiro atoms. The lowest BCUT2D eigenvalue weighted by Gasteiger charge is -2.43. The zero-order chi connectivity index (χ0) is 17.7. The van der Waals surface area contributed by atoms with Crippen molar-refractivity contribution in [3.8, 4) is 0 Å². The van der Waals surface area contributed by atoms with Gasteiger partial charge >= 0.3 is 0 Å². The fourth-order valence-corrected chi connectivity index (χ4v) is 3.76. The molecule has 128 valence electrons.